The summed E-state index contributed by atoms with van der Waals surface area (Å²) in [6, 6.07) is 6.63. The third kappa shape index (κ3) is 3.30. The highest BCUT2D eigenvalue weighted by Gasteiger charge is 1.99. The smallest absolute Gasteiger partial charge is 0.0326 e. The summed E-state index contributed by atoms with van der Waals surface area (Å²) in [4.78, 5) is 0.448. The average Bonchev–Trinajstić information content (AvgIpc) is 2.01. The summed E-state index contributed by atoms with van der Waals surface area (Å²) in [6.45, 7) is 8.57. The highest BCUT2D eigenvalue weighted by Crippen LogP contribution is 2.17. The molecule has 0 radical (unpaired) electrons. The molecule has 0 aliphatic heterocycles. The molecule has 0 aliphatic carbocycles. The largest absolute Gasteiger partial charge is 0.0845 e. The number of allylic oxidation sites excluding steroid dienone is 1. The normalized spacial score (nSPS) is 14.2. The van der Waals surface area contributed by atoms with Gasteiger partial charge in [-0.25, -0.2) is 0 Å². The van der Waals surface area contributed by atoms with Crippen molar-refractivity contribution < 1.29 is 0 Å². The van der Waals surface area contributed by atoms with Gasteiger partial charge in [0.1, 0.15) is 0 Å². The predicted molar refractivity (Wildman–Crippen MR) is 68.0 cm³/mol. The molecule has 0 bridgehead atoms. The van der Waals surface area contributed by atoms with E-state index in [1.807, 2.05) is 0 Å². The summed E-state index contributed by atoms with van der Waals surface area (Å²) in [5.41, 5.74) is 5.30. The molecule has 76 valence electrons. The molecule has 1 unspecified atom stereocenters. The summed E-state index contributed by atoms with van der Waals surface area (Å²) in [7, 11) is 0. The molecular weight excluding hydrogens is 236 g/mol. The minimum atomic E-state index is 0.448. The third-order valence-electron chi connectivity index (χ3n) is 2.27. The van der Waals surface area contributed by atoms with Crippen LogP contribution in [0.5, 0.6) is 0 Å². The van der Waals surface area contributed by atoms with Crippen molar-refractivity contribution in [2.24, 2.45) is 0 Å². The van der Waals surface area contributed by atoms with Crippen LogP contribution < -0.4 is 0 Å². The molecule has 0 aliphatic rings. The lowest BCUT2D eigenvalue weighted by Gasteiger charge is -2.05. The van der Waals surface area contributed by atoms with E-state index in [2.05, 4.69) is 67.9 Å². The van der Waals surface area contributed by atoms with E-state index in [4.69, 9.17) is 0 Å². The SMILES string of the molecule is C/C(=C\c1cc(C)cc(C)c1)C(C)Br. The van der Waals surface area contributed by atoms with Crippen molar-refractivity contribution in [2.45, 2.75) is 32.5 Å². The van der Waals surface area contributed by atoms with Gasteiger partial charge in [-0.05, 0) is 33.3 Å². The molecule has 0 nitrogen and oxygen atoms in total. The fraction of sp³-hybridized carbons (Fsp3) is 0.385. The van der Waals surface area contributed by atoms with Crippen LogP contribution >= 0.6 is 15.9 Å². The van der Waals surface area contributed by atoms with Gasteiger partial charge in [0.05, 0.1) is 0 Å². The van der Waals surface area contributed by atoms with E-state index in [1.165, 1.54) is 22.3 Å². The van der Waals surface area contributed by atoms with Crippen LogP contribution in [0.4, 0.5) is 0 Å². The first kappa shape index (κ1) is 11.5. The van der Waals surface area contributed by atoms with Gasteiger partial charge in [0.2, 0.25) is 0 Å². The van der Waals surface area contributed by atoms with E-state index in [-0.39, 0.29) is 0 Å². The summed E-state index contributed by atoms with van der Waals surface area (Å²) in [5.74, 6) is 0. The van der Waals surface area contributed by atoms with Crippen molar-refractivity contribution in [1.29, 1.82) is 0 Å². The molecule has 0 fully saturated rings. The van der Waals surface area contributed by atoms with Crippen LogP contribution in [-0.2, 0) is 0 Å². The first-order valence-corrected chi connectivity index (χ1v) is 5.81. The van der Waals surface area contributed by atoms with Crippen molar-refractivity contribution in [3.05, 3.63) is 40.5 Å². The summed E-state index contributed by atoms with van der Waals surface area (Å²) < 4.78 is 0. The predicted octanol–water partition coefficient (Wildman–Crippen LogP) is 4.49. The number of aryl methyl sites for hydroxylation is 2. The van der Waals surface area contributed by atoms with Crippen LogP contribution in [0.1, 0.15) is 30.5 Å². The van der Waals surface area contributed by atoms with Gasteiger partial charge in [0.15, 0.2) is 0 Å². The minimum absolute atomic E-state index is 0.448. The highest BCUT2D eigenvalue weighted by atomic mass is 79.9. The molecule has 0 amide bonds. The van der Waals surface area contributed by atoms with Crippen molar-refractivity contribution in [1.82, 2.24) is 0 Å². The Morgan fingerprint density at radius 1 is 1.21 bits per heavy atom. The first-order valence-electron chi connectivity index (χ1n) is 4.89. The number of halogens is 1. The molecule has 1 atom stereocenters. The molecule has 1 heteroatoms. The quantitative estimate of drug-likeness (QED) is 0.681. The number of alkyl halides is 1. The Hall–Kier alpha value is -0.560. The van der Waals surface area contributed by atoms with Gasteiger partial charge >= 0.3 is 0 Å². The molecule has 1 rings (SSSR count). The highest BCUT2D eigenvalue weighted by molar-refractivity contribution is 9.09. The van der Waals surface area contributed by atoms with Gasteiger partial charge in [-0.1, -0.05) is 56.9 Å². The molecule has 0 spiro atoms. The summed E-state index contributed by atoms with van der Waals surface area (Å²) >= 11 is 3.57. The fourth-order valence-corrected chi connectivity index (χ4v) is 1.60. The monoisotopic (exact) mass is 252 g/mol. The molecule has 14 heavy (non-hydrogen) atoms. The zero-order valence-corrected chi connectivity index (χ0v) is 10.9. The molecule has 0 heterocycles. The molecule has 1 aromatic rings. The topological polar surface area (TPSA) is 0 Å². The molecule has 0 saturated heterocycles. The van der Waals surface area contributed by atoms with Gasteiger partial charge in [0, 0.05) is 4.83 Å². The van der Waals surface area contributed by atoms with E-state index in [9.17, 15) is 0 Å². The minimum Gasteiger partial charge on any atom is -0.0845 e. The Bertz CT molecular complexity index is 328. The van der Waals surface area contributed by atoms with Crippen LogP contribution in [0.25, 0.3) is 6.08 Å². The van der Waals surface area contributed by atoms with E-state index in [1.54, 1.807) is 0 Å². The van der Waals surface area contributed by atoms with Crippen LogP contribution in [0.2, 0.25) is 0 Å². The second-order valence-electron chi connectivity index (χ2n) is 3.93. The summed E-state index contributed by atoms with van der Waals surface area (Å²) in [5, 5.41) is 0. The van der Waals surface area contributed by atoms with E-state index >= 15 is 0 Å². The first-order chi connectivity index (χ1) is 6.49. The lowest BCUT2D eigenvalue weighted by Crippen LogP contribution is -1.91. The second kappa shape index (κ2) is 4.79. The second-order valence-corrected chi connectivity index (χ2v) is 5.30. The molecule has 0 N–H and O–H groups in total. The zero-order chi connectivity index (χ0) is 10.7. The molecule has 1 aromatic carbocycles. The third-order valence-corrected chi connectivity index (χ3v) is 2.99. The van der Waals surface area contributed by atoms with Crippen molar-refractivity contribution >= 4 is 22.0 Å². The Morgan fingerprint density at radius 2 is 1.71 bits per heavy atom. The number of hydrogen-bond donors (Lipinski definition) is 0. The van der Waals surface area contributed by atoms with Crippen molar-refractivity contribution in [2.75, 3.05) is 0 Å². The van der Waals surface area contributed by atoms with Crippen LogP contribution in [-0.4, -0.2) is 4.83 Å². The van der Waals surface area contributed by atoms with Gasteiger partial charge in [-0.2, -0.15) is 0 Å². The van der Waals surface area contributed by atoms with Gasteiger partial charge < -0.3 is 0 Å². The Labute approximate surface area is 95.2 Å². The maximum Gasteiger partial charge on any atom is 0.0326 e. The fourth-order valence-electron chi connectivity index (χ4n) is 1.47. The lowest BCUT2D eigenvalue weighted by atomic mass is 10.0. The number of benzene rings is 1. The van der Waals surface area contributed by atoms with E-state index in [0.717, 1.165) is 0 Å². The van der Waals surface area contributed by atoms with Crippen LogP contribution in [0.15, 0.2) is 23.8 Å². The Kier molecular flexibility index (Phi) is 3.94. The Balaban J connectivity index is 3.02. The zero-order valence-electron chi connectivity index (χ0n) is 9.26. The molecule has 0 saturated carbocycles. The number of rotatable bonds is 2. The van der Waals surface area contributed by atoms with Gasteiger partial charge in [0.25, 0.3) is 0 Å². The maximum absolute atomic E-state index is 3.57. The van der Waals surface area contributed by atoms with E-state index in [0.29, 0.717) is 4.83 Å². The Morgan fingerprint density at radius 3 is 2.14 bits per heavy atom. The summed E-state index contributed by atoms with van der Waals surface area (Å²) in [6.07, 6.45) is 2.24. The number of hydrogen-bond acceptors (Lipinski definition) is 0. The van der Waals surface area contributed by atoms with Crippen molar-refractivity contribution in [3.8, 4) is 0 Å². The van der Waals surface area contributed by atoms with Crippen LogP contribution in [0, 0.1) is 13.8 Å². The van der Waals surface area contributed by atoms with Gasteiger partial charge in [-0.15, -0.1) is 0 Å². The van der Waals surface area contributed by atoms with E-state index < -0.39 is 0 Å². The standard InChI is InChI=1S/C13H17Br/c1-9-5-10(2)7-13(6-9)8-11(3)12(4)14/h5-8,12H,1-4H3/b11-8+. The maximum atomic E-state index is 3.57. The van der Waals surface area contributed by atoms with Gasteiger partial charge in [-0.3, -0.25) is 0 Å². The van der Waals surface area contributed by atoms with Crippen molar-refractivity contribution in [3.63, 3.8) is 0 Å². The molecule has 0 aromatic heterocycles. The molecular formula is C13H17Br. The lowest BCUT2D eigenvalue weighted by molar-refractivity contribution is 1.16. The van der Waals surface area contributed by atoms with Crippen LogP contribution in [0.3, 0.4) is 0 Å². The average molecular weight is 253 g/mol.